The van der Waals surface area contributed by atoms with Gasteiger partial charge in [0.2, 0.25) is 5.89 Å². The van der Waals surface area contributed by atoms with E-state index < -0.39 is 0 Å². The van der Waals surface area contributed by atoms with Gasteiger partial charge in [-0.1, -0.05) is 44.9 Å². The van der Waals surface area contributed by atoms with Crippen LogP contribution in [0.25, 0.3) is 11.3 Å². The predicted octanol–water partition coefficient (Wildman–Crippen LogP) is 6.18. The van der Waals surface area contributed by atoms with Gasteiger partial charge in [0.05, 0.1) is 35.0 Å². The highest BCUT2D eigenvalue weighted by molar-refractivity contribution is 9.10. The molecule has 0 aliphatic carbocycles. The zero-order valence-electron chi connectivity index (χ0n) is 21.9. The predicted molar refractivity (Wildman–Crippen MR) is 155 cm³/mol. The minimum atomic E-state index is -0.377. The molecule has 1 N–H and O–H groups in total. The zero-order chi connectivity index (χ0) is 28.5. The summed E-state index contributed by atoms with van der Waals surface area (Å²) in [7, 11) is 0. The molecule has 6 rings (SSSR count). The third kappa shape index (κ3) is 5.82. The van der Waals surface area contributed by atoms with Crippen LogP contribution in [0.4, 0.5) is 5.69 Å². The van der Waals surface area contributed by atoms with Gasteiger partial charge in [0.15, 0.2) is 5.76 Å². The van der Waals surface area contributed by atoms with Crippen LogP contribution in [0.2, 0.25) is 5.02 Å². The Morgan fingerprint density at radius 1 is 1.17 bits per heavy atom. The molecular weight excluding hydrogens is 612 g/mol. The SMILES string of the molecule is Cc1occc1C(=O)Nc1cc(Cl)ccc1C(=O)N1CCC(c2cn(Cc3ncc(-c4cccc(Br)c4)o3)nn2)C1. The molecule has 1 aliphatic heterocycles. The standard InChI is InChI=1S/C29H24BrClN6O4/c1-17-22(8-10-40-17)28(38)33-24-12-21(31)5-6-23(24)29(39)36-9-7-19(14-36)25-15-37(35-34-25)16-27-32-13-26(41-27)18-3-2-4-20(30)11-18/h2-6,8,10-13,15,19H,7,9,14,16H2,1H3,(H,33,38). The molecule has 1 fully saturated rings. The lowest BCUT2D eigenvalue weighted by Gasteiger charge is -2.19. The van der Waals surface area contributed by atoms with Crippen molar-refractivity contribution in [3.8, 4) is 11.3 Å². The van der Waals surface area contributed by atoms with Crippen LogP contribution >= 0.6 is 27.5 Å². The van der Waals surface area contributed by atoms with E-state index in [1.807, 2.05) is 30.5 Å². The maximum Gasteiger partial charge on any atom is 0.259 e. The summed E-state index contributed by atoms with van der Waals surface area (Å²) in [4.78, 5) is 32.5. The van der Waals surface area contributed by atoms with Crippen LogP contribution in [0.3, 0.4) is 0 Å². The molecule has 2 amide bonds. The van der Waals surface area contributed by atoms with Crippen LogP contribution in [0.15, 0.2) is 80.5 Å². The van der Waals surface area contributed by atoms with Gasteiger partial charge in [-0.05, 0) is 49.7 Å². The number of hydrogen-bond acceptors (Lipinski definition) is 7. The highest BCUT2D eigenvalue weighted by atomic mass is 79.9. The number of carbonyl (C=O) groups excluding carboxylic acids is 2. The Morgan fingerprint density at radius 2 is 2.05 bits per heavy atom. The van der Waals surface area contributed by atoms with E-state index in [0.29, 0.717) is 58.9 Å². The van der Waals surface area contributed by atoms with Crippen LogP contribution < -0.4 is 5.32 Å². The summed E-state index contributed by atoms with van der Waals surface area (Å²) in [5.74, 6) is 1.12. The third-order valence-corrected chi connectivity index (χ3v) is 7.70. The first-order valence-electron chi connectivity index (χ1n) is 12.9. The maximum atomic E-state index is 13.5. The average Bonchev–Trinajstić information content (AvgIpc) is 3.76. The number of hydrogen-bond donors (Lipinski definition) is 1. The number of rotatable bonds is 7. The quantitative estimate of drug-likeness (QED) is 0.227. The minimum absolute atomic E-state index is 0.0217. The molecule has 0 radical (unpaired) electrons. The Labute approximate surface area is 248 Å². The molecule has 208 valence electrons. The first kappa shape index (κ1) is 27.0. The van der Waals surface area contributed by atoms with Crippen LogP contribution in [-0.4, -0.2) is 49.8 Å². The summed E-state index contributed by atoms with van der Waals surface area (Å²) in [6.07, 6.45) is 5.74. The molecule has 0 spiro atoms. The van der Waals surface area contributed by atoms with E-state index in [9.17, 15) is 9.59 Å². The van der Waals surface area contributed by atoms with Crippen molar-refractivity contribution in [3.63, 3.8) is 0 Å². The summed E-state index contributed by atoms with van der Waals surface area (Å²) in [6, 6.07) is 14.2. The van der Waals surface area contributed by atoms with E-state index in [1.165, 1.54) is 6.26 Å². The largest absolute Gasteiger partial charge is 0.469 e. The number of furan rings is 1. The van der Waals surface area contributed by atoms with Crippen molar-refractivity contribution in [2.75, 3.05) is 18.4 Å². The van der Waals surface area contributed by atoms with Crippen LogP contribution in [-0.2, 0) is 6.54 Å². The second-order valence-corrected chi connectivity index (χ2v) is 11.1. The first-order chi connectivity index (χ1) is 19.8. The van der Waals surface area contributed by atoms with E-state index >= 15 is 0 Å². The summed E-state index contributed by atoms with van der Waals surface area (Å²) in [5, 5.41) is 11.8. The lowest BCUT2D eigenvalue weighted by molar-refractivity contribution is 0.0791. The monoisotopic (exact) mass is 634 g/mol. The first-order valence-corrected chi connectivity index (χ1v) is 14.1. The lowest BCUT2D eigenvalue weighted by atomic mass is 10.1. The summed E-state index contributed by atoms with van der Waals surface area (Å²) >= 11 is 9.67. The molecule has 1 saturated heterocycles. The van der Waals surface area contributed by atoms with E-state index in [-0.39, 0.29) is 17.7 Å². The van der Waals surface area contributed by atoms with E-state index in [1.54, 1.807) is 47.0 Å². The number of aromatic nitrogens is 4. The molecular formula is C29H24BrClN6O4. The van der Waals surface area contributed by atoms with Crippen molar-refractivity contribution in [3.05, 3.63) is 105 Å². The highest BCUT2D eigenvalue weighted by Gasteiger charge is 2.31. The molecule has 12 heteroatoms. The number of likely N-dealkylation sites (tertiary alicyclic amines) is 1. The summed E-state index contributed by atoms with van der Waals surface area (Å²) in [5.41, 5.74) is 2.81. The molecule has 0 bridgehead atoms. The fourth-order valence-electron chi connectivity index (χ4n) is 4.85. The Balaban J connectivity index is 1.12. The molecule has 2 aromatic carbocycles. The Bertz CT molecular complexity index is 1740. The second kappa shape index (κ2) is 11.3. The zero-order valence-corrected chi connectivity index (χ0v) is 24.2. The molecule has 1 aliphatic rings. The average molecular weight is 636 g/mol. The summed E-state index contributed by atoms with van der Waals surface area (Å²) in [6.45, 7) is 3.05. The normalized spacial score (nSPS) is 14.9. The number of nitrogens with one attached hydrogen (secondary N) is 1. The topological polar surface area (TPSA) is 119 Å². The van der Waals surface area contributed by atoms with Crippen molar-refractivity contribution in [1.82, 2.24) is 24.9 Å². The maximum absolute atomic E-state index is 13.5. The van der Waals surface area contributed by atoms with Gasteiger partial charge in [-0.2, -0.15) is 0 Å². The second-order valence-electron chi connectivity index (χ2n) is 9.74. The van der Waals surface area contributed by atoms with Gasteiger partial charge in [-0.3, -0.25) is 9.59 Å². The van der Waals surface area contributed by atoms with Gasteiger partial charge in [0.1, 0.15) is 12.3 Å². The van der Waals surface area contributed by atoms with Gasteiger partial charge < -0.3 is 19.1 Å². The number of amides is 2. The van der Waals surface area contributed by atoms with Crippen LogP contribution in [0, 0.1) is 6.92 Å². The van der Waals surface area contributed by atoms with Crippen molar-refractivity contribution < 1.29 is 18.4 Å². The minimum Gasteiger partial charge on any atom is -0.469 e. The molecule has 10 nitrogen and oxygen atoms in total. The van der Waals surface area contributed by atoms with E-state index in [2.05, 4.69) is 36.5 Å². The van der Waals surface area contributed by atoms with E-state index in [4.69, 9.17) is 20.4 Å². The fraction of sp³-hybridized carbons (Fsp3) is 0.207. The van der Waals surface area contributed by atoms with Crippen LogP contribution in [0.1, 0.15) is 50.4 Å². The van der Waals surface area contributed by atoms with Crippen LogP contribution in [0.5, 0.6) is 0 Å². The Kier molecular flexibility index (Phi) is 7.46. The van der Waals surface area contributed by atoms with Crippen molar-refractivity contribution in [2.24, 2.45) is 0 Å². The van der Waals surface area contributed by atoms with Gasteiger partial charge >= 0.3 is 0 Å². The van der Waals surface area contributed by atoms with Gasteiger partial charge in [0.25, 0.3) is 11.8 Å². The van der Waals surface area contributed by atoms with Crippen molar-refractivity contribution in [2.45, 2.75) is 25.8 Å². The summed E-state index contributed by atoms with van der Waals surface area (Å²) < 4.78 is 13.8. The Morgan fingerprint density at radius 3 is 2.85 bits per heavy atom. The number of nitrogens with zero attached hydrogens (tertiary/aromatic N) is 5. The van der Waals surface area contributed by atoms with Crippen molar-refractivity contribution >= 4 is 45.0 Å². The molecule has 41 heavy (non-hydrogen) atoms. The van der Waals surface area contributed by atoms with Crippen molar-refractivity contribution in [1.29, 1.82) is 0 Å². The molecule has 5 aromatic rings. The Hall–Kier alpha value is -4.22. The number of oxazole rings is 1. The molecule has 4 heterocycles. The number of anilines is 1. The number of carbonyl (C=O) groups is 2. The fourth-order valence-corrected chi connectivity index (χ4v) is 5.42. The number of aryl methyl sites for hydroxylation is 1. The molecule has 3 aromatic heterocycles. The highest BCUT2D eigenvalue weighted by Crippen LogP contribution is 2.30. The molecule has 1 atom stereocenters. The van der Waals surface area contributed by atoms with E-state index in [0.717, 1.165) is 22.2 Å². The van der Waals surface area contributed by atoms with Gasteiger partial charge in [-0.25, -0.2) is 9.67 Å². The third-order valence-electron chi connectivity index (χ3n) is 6.97. The molecule has 1 unspecified atom stereocenters. The number of benzene rings is 2. The van der Waals surface area contributed by atoms with Gasteiger partial charge in [0, 0.05) is 40.3 Å². The number of halogens is 2. The van der Waals surface area contributed by atoms with Gasteiger partial charge in [-0.15, -0.1) is 5.10 Å². The smallest absolute Gasteiger partial charge is 0.259 e. The molecule has 0 saturated carbocycles. The lowest BCUT2D eigenvalue weighted by Crippen LogP contribution is -2.29.